The van der Waals surface area contributed by atoms with Gasteiger partial charge in [-0.05, 0) is 0 Å². The number of rotatable bonds is 4. The Bertz CT molecular complexity index is 569. The monoisotopic (exact) mass is 272 g/mol. The minimum absolute atomic E-state index is 0.0987. The van der Waals surface area contributed by atoms with Gasteiger partial charge in [-0.2, -0.15) is 0 Å². The highest BCUT2D eigenvalue weighted by Crippen LogP contribution is 2.35. The number of benzene rings is 2. The van der Waals surface area contributed by atoms with Gasteiger partial charge in [0.05, 0.1) is 7.11 Å². The number of alkyl halides is 1. The normalized spacial score (nSPS) is 10.9. The summed E-state index contributed by atoms with van der Waals surface area (Å²) < 4.78 is 19.8. The standard InChI is InChI=1S/C16H13FO3/c1-20-15(19)14(18)16(17,12-8-4-2-5-9-12)13-10-6-3-7-11-13/h2-11H,1H3. The average molecular weight is 272 g/mol. The number of esters is 1. The zero-order chi connectivity index (χ0) is 14.6. The van der Waals surface area contributed by atoms with E-state index in [1.54, 1.807) is 36.4 Å². The van der Waals surface area contributed by atoms with Crippen LogP contribution in [-0.4, -0.2) is 18.9 Å². The van der Waals surface area contributed by atoms with Crippen molar-refractivity contribution in [2.24, 2.45) is 0 Å². The first-order valence-corrected chi connectivity index (χ1v) is 6.03. The Morgan fingerprint density at radius 3 is 1.65 bits per heavy atom. The third-order valence-corrected chi connectivity index (χ3v) is 3.03. The number of hydrogen-bond acceptors (Lipinski definition) is 3. The van der Waals surface area contributed by atoms with Gasteiger partial charge >= 0.3 is 5.97 Å². The lowest BCUT2D eigenvalue weighted by molar-refractivity contribution is -0.156. The zero-order valence-corrected chi connectivity index (χ0v) is 10.9. The van der Waals surface area contributed by atoms with Crippen LogP contribution < -0.4 is 0 Å². The minimum atomic E-state index is -2.55. The van der Waals surface area contributed by atoms with Crippen LogP contribution in [0.4, 0.5) is 4.39 Å². The van der Waals surface area contributed by atoms with E-state index in [9.17, 15) is 9.59 Å². The van der Waals surface area contributed by atoms with E-state index in [1.165, 1.54) is 24.3 Å². The summed E-state index contributed by atoms with van der Waals surface area (Å²) >= 11 is 0. The summed E-state index contributed by atoms with van der Waals surface area (Å²) in [5.41, 5.74) is -2.35. The molecule has 102 valence electrons. The molecule has 0 aliphatic carbocycles. The van der Waals surface area contributed by atoms with E-state index < -0.39 is 17.4 Å². The Kier molecular flexibility index (Phi) is 3.94. The summed E-state index contributed by atoms with van der Waals surface area (Å²) in [4.78, 5) is 23.6. The molecule has 2 aromatic rings. The van der Waals surface area contributed by atoms with E-state index in [1.807, 2.05) is 0 Å². The molecule has 0 aromatic heterocycles. The molecule has 0 amide bonds. The molecular weight excluding hydrogens is 259 g/mol. The van der Waals surface area contributed by atoms with Crippen LogP contribution in [0.25, 0.3) is 0 Å². The number of carbonyl (C=O) groups excluding carboxylic acids is 2. The highest BCUT2D eigenvalue weighted by atomic mass is 19.1. The summed E-state index contributed by atoms with van der Waals surface area (Å²) in [6.07, 6.45) is 0. The SMILES string of the molecule is COC(=O)C(=O)C(F)(c1ccccc1)c1ccccc1. The number of ether oxygens (including phenoxy) is 1. The van der Waals surface area contributed by atoms with Crippen molar-refractivity contribution in [2.45, 2.75) is 5.67 Å². The molecule has 3 nitrogen and oxygen atoms in total. The van der Waals surface area contributed by atoms with Gasteiger partial charge in [-0.25, -0.2) is 9.18 Å². The molecule has 0 fully saturated rings. The van der Waals surface area contributed by atoms with Crippen LogP contribution in [0.1, 0.15) is 11.1 Å². The molecule has 0 radical (unpaired) electrons. The van der Waals surface area contributed by atoms with Gasteiger partial charge in [0.2, 0.25) is 5.67 Å². The molecule has 20 heavy (non-hydrogen) atoms. The molecule has 0 N–H and O–H groups in total. The molecule has 4 heteroatoms. The number of ketones is 1. The van der Waals surface area contributed by atoms with Crippen molar-refractivity contribution in [1.82, 2.24) is 0 Å². The Labute approximate surface area is 116 Å². The quantitative estimate of drug-likeness (QED) is 0.635. The molecule has 0 bridgehead atoms. The van der Waals surface area contributed by atoms with Crippen molar-refractivity contribution in [3.05, 3.63) is 71.8 Å². The summed E-state index contributed by atoms with van der Waals surface area (Å²) in [5, 5.41) is 0. The maximum Gasteiger partial charge on any atom is 0.378 e. The van der Waals surface area contributed by atoms with E-state index in [4.69, 9.17) is 0 Å². The molecule has 0 saturated heterocycles. The maximum atomic E-state index is 15.4. The molecule has 0 unspecified atom stereocenters. The smallest absolute Gasteiger partial charge is 0.378 e. The second-order valence-corrected chi connectivity index (χ2v) is 4.21. The van der Waals surface area contributed by atoms with Crippen molar-refractivity contribution in [3.8, 4) is 0 Å². The third-order valence-electron chi connectivity index (χ3n) is 3.03. The van der Waals surface area contributed by atoms with E-state index in [-0.39, 0.29) is 11.1 Å². The van der Waals surface area contributed by atoms with Crippen LogP contribution in [0, 0.1) is 0 Å². The van der Waals surface area contributed by atoms with Gasteiger partial charge in [-0.3, -0.25) is 4.79 Å². The fourth-order valence-corrected chi connectivity index (χ4v) is 2.00. The summed E-state index contributed by atoms with van der Waals surface area (Å²) in [5.74, 6) is -2.45. The number of hydrogen-bond donors (Lipinski definition) is 0. The van der Waals surface area contributed by atoms with Crippen molar-refractivity contribution < 1.29 is 18.7 Å². The van der Waals surface area contributed by atoms with E-state index >= 15 is 4.39 Å². The molecular formula is C16H13FO3. The first-order chi connectivity index (χ1) is 9.60. The number of Topliss-reactive ketones (excluding diaryl/α,β-unsaturated/α-hetero) is 1. The highest BCUT2D eigenvalue weighted by Gasteiger charge is 2.46. The maximum absolute atomic E-state index is 15.4. The summed E-state index contributed by atoms with van der Waals surface area (Å²) in [6.45, 7) is 0. The van der Waals surface area contributed by atoms with Gasteiger partial charge in [-0.15, -0.1) is 0 Å². The van der Waals surface area contributed by atoms with Crippen molar-refractivity contribution >= 4 is 11.8 Å². The summed E-state index contributed by atoms with van der Waals surface area (Å²) in [7, 11) is 1.05. The Morgan fingerprint density at radius 1 is 0.900 bits per heavy atom. The lowest BCUT2D eigenvalue weighted by Gasteiger charge is -2.23. The van der Waals surface area contributed by atoms with Crippen LogP contribution in [0.3, 0.4) is 0 Å². The van der Waals surface area contributed by atoms with Crippen LogP contribution >= 0.6 is 0 Å². The lowest BCUT2D eigenvalue weighted by atomic mass is 9.84. The molecule has 0 aliphatic rings. The van der Waals surface area contributed by atoms with Gasteiger partial charge in [0.25, 0.3) is 5.78 Å². The van der Waals surface area contributed by atoms with Crippen LogP contribution in [-0.2, 0) is 20.0 Å². The third kappa shape index (κ3) is 2.32. The molecule has 0 heterocycles. The number of carbonyl (C=O) groups is 2. The van der Waals surface area contributed by atoms with Crippen molar-refractivity contribution in [2.75, 3.05) is 7.11 Å². The highest BCUT2D eigenvalue weighted by molar-refractivity contribution is 6.37. The molecule has 0 spiro atoms. The lowest BCUT2D eigenvalue weighted by Crippen LogP contribution is -2.38. The van der Waals surface area contributed by atoms with Crippen molar-refractivity contribution in [3.63, 3.8) is 0 Å². The second-order valence-electron chi connectivity index (χ2n) is 4.21. The Morgan fingerprint density at radius 2 is 1.30 bits per heavy atom. The first kappa shape index (κ1) is 13.9. The molecule has 2 rings (SSSR count). The number of halogens is 1. The first-order valence-electron chi connectivity index (χ1n) is 6.03. The van der Waals surface area contributed by atoms with Gasteiger partial charge in [0.1, 0.15) is 0 Å². The van der Waals surface area contributed by atoms with Gasteiger partial charge in [0.15, 0.2) is 0 Å². The molecule has 0 saturated carbocycles. The molecule has 0 atom stereocenters. The number of methoxy groups -OCH3 is 1. The molecule has 0 aliphatic heterocycles. The van der Waals surface area contributed by atoms with Crippen molar-refractivity contribution in [1.29, 1.82) is 0 Å². The second kappa shape index (κ2) is 5.65. The zero-order valence-electron chi connectivity index (χ0n) is 10.9. The minimum Gasteiger partial charge on any atom is -0.463 e. The van der Waals surface area contributed by atoms with Gasteiger partial charge in [0, 0.05) is 11.1 Å². The Hall–Kier alpha value is -2.49. The predicted octanol–water partition coefficient (Wildman–Crippen LogP) is 2.64. The molecule has 2 aromatic carbocycles. The van der Waals surface area contributed by atoms with Gasteiger partial charge in [-0.1, -0.05) is 60.7 Å². The topological polar surface area (TPSA) is 43.4 Å². The fraction of sp³-hybridized carbons (Fsp3) is 0.125. The van der Waals surface area contributed by atoms with E-state index in [2.05, 4.69) is 4.74 Å². The Balaban J connectivity index is 2.61. The van der Waals surface area contributed by atoms with E-state index in [0.717, 1.165) is 7.11 Å². The fourth-order valence-electron chi connectivity index (χ4n) is 2.00. The predicted molar refractivity (Wildman–Crippen MR) is 71.8 cm³/mol. The van der Waals surface area contributed by atoms with Crippen LogP contribution in [0.2, 0.25) is 0 Å². The van der Waals surface area contributed by atoms with Gasteiger partial charge < -0.3 is 4.74 Å². The van der Waals surface area contributed by atoms with E-state index in [0.29, 0.717) is 0 Å². The van der Waals surface area contributed by atoms with Crippen LogP contribution in [0.5, 0.6) is 0 Å². The average Bonchev–Trinajstić information content (AvgIpc) is 2.54. The van der Waals surface area contributed by atoms with Crippen LogP contribution in [0.15, 0.2) is 60.7 Å². The summed E-state index contributed by atoms with van der Waals surface area (Å²) in [6, 6.07) is 15.7. The largest absolute Gasteiger partial charge is 0.463 e.